The summed E-state index contributed by atoms with van der Waals surface area (Å²) < 4.78 is 0. The lowest BCUT2D eigenvalue weighted by Crippen LogP contribution is -2.49. The molecule has 0 aliphatic rings. The van der Waals surface area contributed by atoms with E-state index in [9.17, 15) is 9.59 Å². The number of rotatable bonds is 8. The van der Waals surface area contributed by atoms with Crippen molar-refractivity contribution < 1.29 is 9.59 Å². The van der Waals surface area contributed by atoms with E-state index in [0.29, 0.717) is 6.54 Å². The Morgan fingerprint density at radius 3 is 1.84 bits per heavy atom. The van der Waals surface area contributed by atoms with E-state index in [4.69, 9.17) is 5.73 Å². The average Bonchev–Trinajstić information content (AvgIpc) is 2.37. The number of nitrogens with two attached hydrogens (primary N) is 1. The average molecular weight is 271 g/mol. The minimum absolute atomic E-state index is 0.00565. The molecule has 19 heavy (non-hydrogen) atoms. The van der Waals surface area contributed by atoms with E-state index in [1.165, 1.54) is 9.80 Å². The van der Waals surface area contributed by atoms with E-state index >= 15 is 0 Å². The fraction of sp³-hybridized carbons (Fsp3) is 0.857. The Labute approximate surface area is 117 Å². The molecule has 0 aliphatic carbocycles. The van der Waals surface area contributed by atoms with Crippen LogP contribution >= 0.6 is 0 Å². The highest BCUT2D eigenvalue weighted by Crippen LogP contribution is 2.30. The minimum Gasteiger partial charge on any atom is -0.347 e. The summed E-state index contributed by atoms with van der Waals surface area (Å²) in [5, 5.41) is 0. The molecule has 0 fully saturated rings. The van der Waals surface area contributed by atoms with Crippen molar-refractivity contribution in [2.24, 2.45) is 11.1 Å². The van der Waals surface area contributed by atoms with E-state index in [-0.39, 0.29) is 18.4 Å². The number of likely N-dealkylation sites (N-methyl/N-ethyl adjacent to an activating group) is 2. The highest BCUT2D eigenvalue weighted by atomic mass is 16.2. The molecule has 0 aromatic rings. The molecule has 112 valence electrons. The molecule has 0 bridgehead atoms. The van der Waals surface area contributed by atoms with Crippen LogP contribution in [-0.4, -0.2) is 55.8 Å². The second-order valence-electron chi connectivity index (χ2n) is 5.43. The Bertz CT molecular complexity index is 297. The van der Waals surface area contributed by atoms with Crippen molar-refractivity contribution in [1.82, 2.24) is 9.80 Å². The summed E-state index contributed by atoms with van der Waals surface area (Å²) in [4.78, 5) is 27.3. The monoisotopic (exact) mass is 271 g/mol. The van der Waals surface area contributed by atoms with Gasteiger partial charge >= 0.3 is 0 Å². The highest BCUT2D eigenvalue weighted by Gasteiger charge is 2.37. The normalized spacial score (nSPS) is 11.3. The van der Waals surface area contributed by atoms with Gasteiger partial charge in [0.25, 0.3) is 0 Å². The molecule has 0 unspecified atom stereocenters. The summed E-state index contributed by atoms with van der Waals surface area (Å²) in [6, 6.07) is 0. The lowest BCUT2D eigenvalue weighted by Gasteiger charge is -2.34. The van der Waals surface area contributed by atoms with E-state index in [1.54, 1.807) is 21.1 Å². The molecular weight excluding hydrogens is 242 g/mol. The Hall–Kier alpha value is -1.10. The molecule has 0 aliphatic heterocycles. The van der Waals surface area contributed by atoms with Crippen LogP contribution in [0.5, 0.6) is 0 Å². The number of carbonyl (C=O) groups excluding carboxylic acids is 2. The van der Waals surface area contributed by atoms with E-state index in [1.807, 2.05) is 0 Å². The molecule has 0 rings (SSSR count). The highest BCUT2D eigenvalue weighted by molar-refractivity contribution is 5.87. The quantitative estimate of drug-likeness (QED) is 0.718. The van der Waals surface area contributed by atoms with Crippen molar-refractivity contribution >= 4 is 11.8 Å². The van der Waals surface area contributed by atoms with Crippen LogP contribution in [0.25, 0.3) is 0 Å². The first kappa shape index (κ1) is 17.9. The molecule has 0 radical (unpaired) electrons. The summed E-state index contributed by atoms with van der Waals surface area (Å²) in [6.45, 7) is 4.56. The van der Waals surface area contributed by atoms with E-state index < -0.39 is 5.41 Å². The van der Waals surface area contributed by atoms with Gasteiger partial charge in [-0.1, -0.05) is 26.7 Å². The van der Waals surface area contributed by atoms with Crippen LogP contribution in [0.2, 0.25) is 0 Å². The van der Waals surface area contributed by atoms with Crippen molar-refractivity contribution in [3.8, 4) is 0 Å². The molecule has 5 nitrogen and oxygen atoms in total. The molecule has 0 aromatic carbocycles. The number of carbonyl (C=O) groups is 2. The summed E-state index contributed by atoms with van der Waals surface area (Å²) in [5.74, 6) is -0.0799. The molecule has 0 saturated heterocycles. The third-order valence-electron chi connectivity index (χ3n) is 3.52. The van der Waals surface area contributed by atoms with Crippen molar-refractivity contribution in [2.45, 2.75) is 39.5 Å². The minimum atomic E-state index is -0.509. The summed E-state index contributed by atoms with van der Waals surface area (Å²) in [6.07, 6.45) is 3.38. The molecule has 2 N–H and O–H groups in total. The first-order chi connectivity index (χ1) is 8.84. The molecule has 2 amide bonds. The van der Waals surface area contributed by atoms with Gasteiger partial charge in [-0.3, -0.25) is 9.59 Å². The van der Waals surface area contributed by atoms with Crippen LogP contribution in [0, 0.1) is 5.41 Å². The first-order valence-electron chi connectivity index (χ1n) is 7.00. The van der Waals surface area contributed by atoms with Gasteiger partial charge in [0, 0.05) is 27.7 Å². The summed E-state index contributed by atoms with van der Waals surface area (Å²) in [5.41, 5.74) is 5.36. The van der Waals surface area contributed by atoms with Gasteiger partial charge in [0.05, 0.1) is 12.0 Å². The maximum absolute atomic E-state index is 12.6. The Morgan fingerprint density at radius 2 is 1.53 bits per heavy atom. The van der Waals surface area contributed by atoms with Gasteiger partial charge in [0.15, 0.2) is 0 Å². The van der Waals surface area contributed by atoms with Gasteiger partial charge in [0.2, 0.25) is 11.8 Å². The lowest BCUT2D eigenvalue weighted by molar-refractivity contribution is -0.145. The second-order valence-corrected chi connectivity index (χ2v) is 5.43. The van der Waals surface area contributed by atoms with Gasteiger partial charge in [-0.05, 0) is 12.8 Å². The second kappa shape index (κ2) is 8.15. The zero-order chi connectivity index (χ0) is 15.1. The molecule has 0 spiro atoms. The zero-order valence-corrected chi connectivity index (χ0v) is 13.0. The van der Waals surface area contributed by atoms with Crippen LogP contribution in [0.15, 0.2) is 0 Å². The molecule has 0 heterocycles. The van der Waals surface area contributed by atoms with Crippen LogP contribution in [-0.2, 0) is 9.59 Å². The number of hydrogen-bond acceptors (Lipinski definition) is 3. The molecule has 0 aromatic heterocycles. The molecular formula is C14H29N3O2. The number of amides is 2. The largest absolute Gasteiger partial charge is 0.347 e. The van der Waals surface area contributed by atoms with E-state index in [0.717, 1.165) is 25.7 Å². The SMILES string of the molecule is CCCC(CN)(CCC)C(=O)N(C)CC(=O)N(C)C. The van der Waals surface area contributed by atoms with Crippen molar-refractivity contribution in [2.75, 3.05) is 34.2 Å². The third kappa shape index (κ3) is 4.82. The molecule has 0 saturated carbocycles. The predicted molar refractivity (Wildman–Crippen MR) is 77.6 cm³/mol. The summed E-state index contributed by atoms with van der Waals surface area (Å²) in [7, 11) is 5.06. The lowest BCUT2D eigenvalue weighted by atomic mass is 9.78. The van der Waals surface area contributed by atoms with Crippen molar-refractivity contribution in [1.29, 1.82) is 0 Å². The van der Waals surface area contributed by atoms with Gasteiger partial charge in [-0.25, -0.2) is 0 Å². The van der Waals surface area contributed by atoms with Crippen LogP contribution in [0.3, 0.4) is 0 Å². The standard InChI is InChI=1S/C14H29N3O2/c1-6-8-14(11-15,9-7-2)13(19)17(5)10-12(18)16(3)4/h6-11,15H2,1-5H3. The molecule has 5 heteroatoms. The van der Waals surface area contributed by atoms with E-state index in [2.05, 4.69) is 13.8 Å². The van der Waals surface area contributed by atoms with Gasteiger partial charge < -0.3 is 15.5 Å². The maximum Gasteiger partial charge on any atom is 0.241 e. The van der Waals surface area contributed by atoms with Crippen LogP contribution in [0.1, 0.15) is 39.5 Å². The zero-order valence-electron chi connectivity index (χ0n) is 13.0. The Balaban J connectivity index is 4.92. The Morgan fingerprint density at radius 1 is 1.05 bits per heavy atom. The van der Waals surface area contributed by atoms with Gasteiger partial charge in [0.1, 0.15) is 0 Å². The Kier molecular flexibility index (Phi) is 7.68. The number of nitrogens with zero attached hydrogens (tertiary/aromatic N) is 2. The van der Waals surface area contributed by atoms with Crippen LogP contribution < -0.4 is 5.73 Å². The van der Waals surface area contributed by atoms with Gasteiger partial charge in [-0.2, -0.15) is 0 Å². The molecule has 0 atom stereocenters. The first-order valence-corrected chi connectivity index (χ1v) is 7.00. The van der Waals surface area contributed by atoms with Crippen molar-refractivity contribution in [3.63, 3.8) is 0 Å². The van der Waals surface area contributed by atoms with Gasteiger partial charge in [-0.15, -0.1) is 0 Å². The number of hydrogen-bond donors (Lipinski definition) is 1. The van der Waals surface area contributed by atoms with Crippen LogP contribution in [0.4, 0.5) is 0 Å². The predicted octanol–water partition coefficient (Wildman–Crippen LogP) is 1.08. The van der Waals surface area contributed by atoms with Crippen molar-refractivity contribution in [3.05, 3.63) is 0 Å². The smallest absolute Gasteiger partial charge is 0.241 e. The third-order valence-corrected chi connectivity index (χ3v) is 3.52. The maximum atomic E-state index is 12.6. The fourth-order valence-corrected chi connectivity index (χ4v) is 2.41. The topological polar surface area (TPSA) is 66.6 Å². The fourth-order valence-electron chi connectivity index (χ4n) is 2.41. The summed E-state index contributed by atoms with van der Waals surface area (Å²) >= 11 is 0.